The molecule has 1 N–H and O–H groups in total. The van der Waals surface area contributed by atoms with E-state index in [1.54, 1.807) is 25.1 Å². The molecule has 100 valence electrons. The van der Waals surface area contributed by atoms with E-state index in [1.807, 2.05) is 0 Å². The largest absolute Gasteiger partial charge is 0.489 e. The highest BCUT2D eigenvalue weighted by Crippen LogP contribution is 2.19. The Kier molecular flexibility index (Phi) is 4.96. The van der Waals surface area contributed by atoms with E-state index in [0.29, 0.717) is 23.8 Å². The molecule has 2 rings (SSSR count). The zero-order valence-electron chi connectivity index (χ0n) is 10.7. The second-order valence-electron chi connectivity index (χ2n) is 4.67. The van der Waals surface area contributed by atoms with Crippen molar-refractivity contribution in [1.29, 1.82) is 0 Å². The highest BCUT2D eigenvalue weighted by atomic mass is 19.1. The van der Waals surface area contributed by atoms with Crippen molar-refractivity contribution >= 4 is 0 Å². The van der Waals surface area contributed by atoms with Crippen molar-refractivity contribution in [1.82, 2.24) is 5.32 Å². The van der Waals surface area contributed by atoms with Gasteiger partial charge in [-0.3, -0.25) is 0 Å². The van der Waals surface area contributed by atoms with Gasteiger partial charge in [-0.2, -0.15) is 0 Å². The maximum Gasteiger partial charge on any atom is 0.167 e. The Morgan fingerprint density at radius 2 is 2.39 bits per heavy atom. The number of ether oxygens (including phenoxy) is 2. The average molecular weight is 253 g/mol. The molecule has 1 aromatic rings. The van der Waals surface area contributed by atoms with Gasteiger partial charge >= 0.3 is 0 Å². The van der Waals surface area contributed by atoms with E-state index < -0.39 is 0 Å². The molecule has 18 heavy (non-hydrogen) atoms. The lowest BCUT2D eigenvalue weighted by atomic mass is 10.1. The van der Waals surface area contributed by atoms with Crippen LogP contribution in [0.4, 0.5) is 4.39 Å². The Balaban J connectivity index is 1.64. The van der Waals surface area contributed by atoms with Crippen molar-refractivity contribution in [3.8, 4) is 5.75 Å². The van der Waals surface area contributed by atoms with E-state index in [2.05, 4.69) is 5.32 Å². The summed E-state index contributed by atoms with van der Waals surface area (Å²) in [5.74, 6) is 0.684. The molecule has 0 spiro atoms. The Morgan fingerprint density at radius 1 is 1.50 bits per heavy atom. The van der Waals surface area contributed by atoms with E-state index in [1.165, 1.54) is 0 Å². The van der Waals surface area contributed by atoms with Crippen molar-refractivity contribution in [3.05, 3.63) is 29.6 Å². The molecule has 4 heteroatoms. The molecule has 1 saturated heterocycles. The smallest absolute Gasteiger partial charge is 0.167 e. The van der Waals surface area contributed by atoms with Gasteiger partial charge in [-0.1, -0.05) is 12.1 Å². The molecular formula is C14H20FNO2. The van der Waals surface area contributed by atoms with E-state index in [4.69, 9.17) is 9.47 Å². The number of nitrogens with one attached hydrogen (secondary N) is 1. The fourth-order valence-corrected chi connectivity index (χ4v) is 2.02. The quantitative estimate of drug-likeness (QED) is 0.788. The van der Waals surface area contributed by atoms with E-state index in [0.717, 1.165) is 32.7 Å². The van der Waals surface area contributed by atoms with Crippen LogP contribution >= 0.6 is 0 Å². The fraction of sp³-hybridized carbons (Fsp3) is 0.571. The van der Waals surface area contributed by atoms with Crippen molar-refractivity contribution in [2.75, 3.05) is 32.9 Å². The lowest BCUT2D eigenvalue weighted by Crippen LogP contribution is -2.27. The lowest BCUT2D eigenvalue weighted by Gasteiger charge is -2.11. The Bertz CT molecular complexity index is 378. The third-order valence-electron chi connectivity index (χ3n) is 3.15. The van der Waals surface area contributed by atoms with Gasteiger partial charge in [0.05, 0.1) is 6.61 Å². The van der Waals surface area contributed by atoms with Gasteiger partial charge in [0.2, 0.25) is 0 Å². The summed E-state index contributed by atoms with van der Waals surface area (Å²) < 4.78 is 24.3. The summed E-state index contributed by atoms with van der Waals surface area (Å²) in [6.07, 6.45) is 1.13. The first-order chi connectivity index (χ1) is 8.77. The molecule has 1 atom stereocenters. The van der Waals surface area contributed by atoms with Crippen LogP contribution in [0.2, 0.25) is 0 Å². The zero-order chi connectivity index (χ0) is 12.8. The topological polar surface area (TPSA) is 30.5 Å². The van der Waals surface area contributed by atoms with Crippen LogP contribution in [-0.4, -0.2) is 32.9 Å². The van der Waals surface area contributed by atoms with E-state index in [-0.39, 0.29) is 5.82 Å². The first-order valence-electron chi connectivity index (χ1n) is 6.44. The summed E-state index contributed by atoms with van der Waals surface area (Å²) in [5.41, 5.74) is 0.614. The van der Waals surface area contributed by atoms with Crippen LogP contribution < -0.4 is 10.1 Å². The molecule has 1 fully saturated rings. The van der Waals surface area contributed by atoms with E-state index in [9.17, 15) is 4.39 Å². The van der Waals surface area contributed by atoms with Crippen LogP contribution in [0.25, 0.3) is 0 Å². The monoisotopic (exact) mass is 253 g/mol. The SMILES string of the molecule is Cc1cccc(OCCNCC2CCOC2)c1F. The van der Waals surface area contributed by atoms with Gasteiger partial charge in [-0.15, -0.1) is 0 Å². The molecule has 1 heterocycles. The predicted molar refractivity (Wildman–Crippen MR) is 68.4 cm³/mol. The van der Waals surface area contributed by atoms with Crippen molar-refractivity contribution in [2.45, 2.75) is 13.3 Å². The van der Waals surface area contributed by atoms with Gasteiger partial charge in [0.15, 0.2) is 11.6 Å². The molecule has 1 aromatic carbocycles. The minimum absolute atomic E-state index is 0.262. The van der Waals surface area contributed by atoms with Crippen LogP contribution in [0.5, 0.6) is 5.75 Å². The second kappa shape index (κ2) is 6.71. The number of aryl methyl sites for hydroxylation is 1. The molecule has 1 unspecified atom stereocenters. The van der Waals surface area contributed by atoms with Gasteiger partial charge in [-0.05, 0) is 30.9 Å². The number of hydrogen-bond acceptors (Lipinski definition) is 3. The number of hydrogen-bond donors (Lipinski definition) is 1. The third-order valence-corrected chi connectivity index (χ3v) is 3.15. The minimum atomic E-state index is -0.262. The number of halogens is 1. The van der Waals surface area contributed by atoms with Crippen molar-refractivity contribution < 1.29 is 13.9 Å². The summed E-state index contributed by atoms with van der Waals surface area (Å²) in [7, 11) is 0. The van der Waals surface area contributed by atoms with Gasteiger partial charge in [-0.25, -0.2) is 4.39 Å². The predicted octanol–water partition coefficient (Wildman–Crippen LogP) is 2.14. The van der Waals surface area contributed by atoms with Gasteiger partial charge in [0.1, 0.15) is 6.61 Å². The first-order valence-corrected chi connectivity index (χ1v) is 6.44. The normalized spacial score (nSPS) is 19.1. The third kappa shape index (κ3) is 3.68. The first kappa shape index (κ1) is 13.3. The van der Waals surface area contributed by atoms with Crippen molar-refractivity contribution in [2.24, 2.45) is 5.92 Å². The van der Waals surface area contributed by atoms with Gasteiger partial charge < -0.3 is 14.8 Å². The van der Waals surface area contributed by atoms with E-state index >= 15 is 0 Å². The Hall–Kier alpha value is -1.13. The Labute approximate surface area is 107 Å². The van der Waals surface area contributed by atoms with Gasteiger partial charge in [0, 0.05) is 19.7 Å². The molecule has 0 aromatic heterocycles. The van der Waals surface area contributed by atoms with Crippen LogP contribution in [0.15, 0.2) is 18.2 Å². The molecule has 3 nitrogen and oxygen atoms in total. The second-order valence-corrected chi connectivity index (χ2v) is 4.67. The fourth-order valence-electron chi connectivity index (χ4n) is 2.02. The standard InChI is InChI=1S/C14H20FNO2/c1-11-3-2-4-13(14(11)15)18-8-6-16-9-12-5-7-17-10-12/h2-4,12,16H,5-10H2,1H3. The number of benzene rings is 1. The maximum atomic E-state index is 13.6. The lowest BCUT2D eigenvalue weighted by molar-refractivity contribution is 0.184. The molecule has 0 radical (unpaired) electrons. The summed E-state index contributed by atoms with van der Waals surface area (Å²) in [6, 6.07) is 5.20. The summed E-state index contributed by atoms with van der Waals surface area (Å²) in [6.45, 7) is 5.61. The van der Waals surface area contributed by atoms with Gasteiger partial charge in [0.25, 0.3) is 0 Å². The minimum Gasteiger partial charge on any atom is -0.489 e. The highest BCUT2D eigenvalue weighted by molar-refractivity contribution is 5.29. The summed E-state index contributed by atoms with van der Waals surface area (Å²) >= 11 is 0. The number of rotatable bonds is 6. The molecule has 1 aliphatic rings. The maximum absolute atomic E-state index is 13.6. The Morgan fingerprint density at radius 3 is 3.17 bits per heavy atom. The summed E-state index contributed by atoms with van der Waals surface area (Å²) in [4.78, 5) is 0. The zero-order valence-corrected chi connectivity index (χ0v) is 10.7. The van der Waals surface area contributed by atoms with Crippen LogP contribution in [0.1, 0.15) is 12.0 Å². The molecule has 0 aliphatic carbocycles. The summed E-state index contributed by atoms with van der Waals surface area (Å²) in [5, 5.41) is 3.30. The average Bonchev–Trinajstić information content (AvgIpc) is 2.87. The van der Waals surface area contributed by atoms with Crippen LogP contribution in [-0.2, 0) is 4.74 Å². The molecular weight excluding hydrogens is 233 g/mol. The van der Waals surface area contributed by atoms with Crippen LogP contribution in [0.3, 0.4) is 0 Å². The molecule has 0 amide bonds. The molecule has 0 bridgehead atoms. The van der Waals surface area contributed by atoms with Crippen molar-refractivity contribution in [3.63, 3.8) is 0 Å². The molecule has 0 saturated carbocycles. The van der Waals surface area contributed by atoms with Crippen LogP contribution in [0, 0.1) is 18.7 Å². The highest BCUT2D eigenvalue weighted by Gasteiger charge is 2.14. The molecule has 1 aliphatic heterocycles.